The molecule has 1 unspecified atom stereocenters. The average molecular weight is 473 g/mol. The molecule has 1 amide bonds. The van der Waals surface area contributed by atoms with Crippen molar-refractivity contribution in [1.29, 1.82) is 0 Å². The summed E-state index contributed by atoms with van der Waals surface area (Å²) in [4.78, 5) is 28.3. The van der Waals surface area contributed by atoms with Crippen LogP contribution in [0.15, 0.2) is 48.8 Å². The Morgan fingerprint density at radius 3 is 2.27 bits per heavy atom. The molecule has 1 aromatic carbocycles. The molecule has 9 nitrogen and oxygen atoms in total. The predicted octanol–water partition coefficient (Wildman–Crippen LogP) is 0.577. The molecular formula is C23H32N6O3S. The maximum Gasteiger partial charge on any atom is 0.241 e. The van der Waals surface area contributed by atoms with Gasteiger partial charge in [-0.3, -0.25) is 14.6 Å². The molecule has 178 valence electrons. The normalized spacial score (nSPS) is 20.3. The van der Waals surface area contributed by atoms with Crippen LogP contribution in [-0.2, 0) is 14.6 Å². The summed E-state index contributed by atoms with van der Waals surface area (Å²) in [6, 6.07) is 11.0. The quantitative estimate of drug-likeness (QED) is 0.557. The van der Waals surface area contributed by atoms with Gasteiger partial charge in [-0.2, -0.15) is 0 Å². The number of nitrogens with one attached hydrogen (secondary N) is 1. The number of aromatic nitrogens is 2. The Kier molecular flexibility index (Phi) is 7.89. The maximum absolute atomic E-state index is 13.1. The van der Waals surface area contributed by atoms with Gasteiger partial charge in [0.15, 0.2) is 9.84 Å². The summed E-state index contributed by atoms with van der Waals surface area (Å²) < 4.78 is 23.7. The molecule has 10 heteroatoms. The van der Waals surface area contributed by atoms with Gasteiger partial charge in [-0.1, -0.05) is 30.3 Å². The fourth-order valence-corrected chi connectivity index (χ4v) is 5.61. The van der Waals surface area contributed by atoms with Gasteiger partial charge in [-0.25, -0.2) is 18.4 Å². The minimum absolute atomic E-state index is 0.0634. The molecule has 2 saturated heterocycles. The Bertz CT molecular complexity index is 983. The minimum atomic E-state index is -3.00. The Hall–Kier alpha value is -2.56. The van der Waals surface area contributed by atoms with E-state index in [1.165, 1.54) is 0 Å². The average Bonchev–Trinajstić information content (AvgIpc) is 2.85. The van der Waals surface area contributed by atoms with Gasteiger partial charge in [0.1, 0.15) is 6.04 Å². The van der Waals surface area contributed by atoms with Crippen molar-refractivity contribution in [2.24, 2.45) is 0 Å². The third kappa shape index (κ3) is 6.49. The Balaban J connectivity index is 1.24. The van der Waals surface area contributed by atoms with Crippen molar-refractivity contribution < 1.29 is 13.2 Å². The molecule has 2 aliphatic rings. The van der Waals surface area contributed by atoms with E-state index >= 15 is 0 Å². The molecule has 0 radical (unpaired) electrons. The van der Waals surface area contributed by atoms with Crippen LogP contribution in [0.25, 0.3) is 0 Å². The smallest absolute Gasteiger partial charge is 0.241 e. The lowest BCUT2D eigenvalue weighted by molar-refractivity contribution is -0.126. The van der Waals surface area contributed by atoms with Crippen LogP contribution in [0.1, 0.15) is 18.0 Å². The number of amides is 1. The van der Waals surface area contributed by atoms with Gasteiger partial charge in [0.25, 0.3) is 0 Å². The van der Waals surface area contributed by atoms with E-state index in [-0.39, 0.29) is 17.4 Å². The summed E-state index contributed by atoms with van der Waals surface area (Å²) in [6.07, 6.45) is 4.40. The fraction of sp³-hybridized carbons (Fsp3) is 0.522. The van der Waals surface area contributed by atoms with Crippen LogP contribution in [-0.4, -0.2) is 98.0 Å². The van der Waals surface area contributed by atoms with E-state index < -0.39 is 15.9 Å². The lowest BCUT2D eigenvalue weighted by atomic mass is 10.0. The maximum atomic E-state index is 13.1. The van der Waals surface area contributed by atoms with Gasteiger partial charge in [0.2, 0.25) is 11.9 Å². The first-order chi connectivity index (χ1) is 16.0. The first kappa shape index (κ1) is 23.6. The highest BCUT2D eigenvalue weighted by molar-refractivity contribution is 7.91. The minimum Gasteiger partial charge on any atom is -0.354 e. The van der Waals surface area contributed by atoms with Gasteiger partial charge < -0.3 is 10.2 Å². The lowest BCUT2D eigenvalue weighted by Gasteiger charge is -2.35. The zero-order valence-corrected chi connectivity index (χ0v) is 19.7. The number of carbonyl (C=O) groups is 1. The monoisotopic (exact) mass is 472 g/mol. The van der Waals surface area contributed by atoms with E-state index in [9.17, 15) is 13.2 Å². The molecule has 3 heterocycles. The summed E-state index contributed by atoms with van der Waals surface area (Å²) >= 11 is 0. The van der Waals surface area contributed by atoms with Crippen molar-refractivity contribution in [2.75, 3.05) is 68.8 Å². The third-order valence-electron chi connectivity index (χ3n) is 6.27. The highest BCUT2D eigenvalue weighted by Gasteiger charge is 2.32. The van der Waals surface area contributed by atoms with Gasteiger partial charge in [-0.05, 0) is 24.6 Å². The second kappa shape index (κ2) is 11.0. The number of sulfone groups is 1. The predicted molar refractivity (Wildman–Crippen MR) is 128 cm³/mol. The molecule has 2 aliphatic heterocycles. The fourth-order valence-electron chi connectivity index (χ4n) is 4.39. The molecule has 2 aromatic rings. The standard InChI is InChI=1S/C23H32N6O3S/c30-22(21(20-6-2-1-3-7-20)28-16-18-33(31,32)19-17-28)24-10-5-11-27-12-14-29(15-13-27)23-25-8-4-9-26-23/h1-4,6-9,21H,5,10-19H2,(H,24,30). The number of benzene rings is 1. The molecule has 0 spiro atoms. The molecule has 1 N–H and O–H groups in total. The van der Waals surface area contributed by atoms with E-state index in [2.05, 4.69) is 25.1 Å². The summed E-state index contributed by atoms with van der Waals surface area (Å²) in [6.45, 7) is 5.95. The molecule has 2 fully saturated rings. The van der Waals surface area contributed by atoms with Gasteiger partial charge in [-0.15, -0.1) is 0 Å². The number of piperazine rings is 1. The van der Waals surface area contributed by atoms with Gasteiger partial charge >= 0.3 is 0 Å². The van der Waals surface area contributed by atoms with E-state index in [4.69, 9.17) is 0 Å². The molecule has 4 rings (SSSR count). The van der Waals surface area contributed by atoms with Crippen molar-refractivity contribution in [3.8, 4) is 0 Å². The van der Waals surface area contributed by atoms with E-state index in [0.29, 0.717) is 19.6 Å². The zero-order chi connectivity index (χ0) is 23.1. The van der Waals surface area contributed by atoms with E-state index in [1.807, 2.05) is 41.3 Å². The highest BCUT2D eigenvalue weighted by Crippen LogP contribution is 2.23. The summed E-state index contributed by atoms with van der Waals surface area (Å²) in [7, 11) is -3.00. The number of carbonyl (C=O) groups excluding carboxylic acids is 1. The molecule has 0 aliphatic carbocycles. The molecule has 0 saturated carbocycles. The van der Waals surface area contributed by atoms with Crippen molar-refractivity contribution >= 4 is 21.7 Å². The Morgan fingerprint density at radius 1 is 0.939 bits per heavy atom. The van der Waals surface area contributed by atoms with Gasteiger partial charge in [0.05, 0.1) is 11.5 Å². The SMILES string of the molecule is O=C(NCCCN1CCN(c2ncccn2)CC1)C(c1ccccc1)N1CCS(=O)(=O)CC1. The van der Waals surface area contributed by atoms with E-state index in [1.54, 1.807) is 12.4 Å². The number of hydrogen-bond donors (Lipinski definition) is 1. The molecule has 1 atom stereocenters. The van der Waals surface area contributed by atoms with Crippen LogP contribution in [0.2, 0.25) is 0 Å². The van der Waals surface area contributed by atoms with Crippen molar-refractivity contribution in [1.82, 2.24) is 25.1 Å². The van der Waals surface area contributed by atoms with Crippen molar-refractivity contribution in [3.63, 3.8) is 0 Å². The number of nitrogens with zero attached hydrogens (tertiary/aromatic N) is 5. The van der Waals surface area contributed by atoms with Crippen LogP contribution in [0.5, 0.6) is 0 Å². The molecule has 33 heavy (non-hydrogen) atoms. The summed E-state index contributed by atoms with van der Waals surface area (Å²) in [5.74, 6) is 0.918. The Labute approximate surface area is 195 Å². The van der Waals surface area contributed by atoms with Crippen molar-refractivity contribution in [3.05, 3.63) is 54.4 Å². The zero-order valence-electron chi connectivity index (χ0n) is 18.8. The molecule has 1 aromatic heterocycles. The van der Waals surface area contributed by atoms with Crippen LogP contribution in [0.4, 0.5) is 5.95 Å². The van der Waals surface area contributed by atoms with Crippen molar-refractivity contribution in [2.45, 2.75) is 12.5 Å². The number of anilines is 1. The molecule has 0 bridgehead atoms. The van der Waals surface area contributed by atoms with Crippen LogP contribution in [0.3, 0.4) is 0 Å². The summed E-state index contributed by atoms with van der Waals surface area (Å²) in [5.41, 5.74) is 0.897. The second-order valence-corrected chi connectivity index (χ2v) is 10.8. The Morgan fingerprint density at radius 2 is 1.61 bits per heavy atom. The number of hydrogen-bond acceptors (Lipinski definition) is 8. The van der Waals surface area contributed by atoms with Crippen LogP contribution >= 0.6 is 0 Å². The summed E-state index contributed by atoms with van der Waals surface area (Å²) in [5, 5.41) is 3.09. The van der Waals surface area contributed by atoms with Crippen LogP contribution in [0, 0.1) is 0 Å². The van der Waals surface area contributed by atoms with Crippen LogP contribution < -0.4 is 10.2 Å². The third-order valence-corrected chi connectivity index (χ3v) is 7.87. The number of rotatable bonds is 8. The van der Waals surface area contributed by atoms with Gasteiger partial charge in [0, 0.05) is 58.2 Å². The first-order valence-corrected chi connectivity index (χ1v) is 13.4. The molecular weight excluding hydrogens is 440 g/mol. The van der Waals surface area contributed by atoms with E-state index in [0.717, 1.165) is 50.7 Å². The second-order valence-electron chi connectivity index (χ2n) is 8.52. The largest absolute Gasteiger partial charge is 0.354 e. The topological polar surface area (TPSA) is 98.7 Å². The first-order valence-electron chi connectivity index (χ1n) is 11.5. The highest BCUT2D eigenvalue weighted by atomic mass is 32.2. The lowest BCUT2D eigenvalue weighted by Crippen LogP contribution is -2.48.